The summed E-state index contributed by atoms with van der Waals surface area (Å²) in [6.45, 7) is 4.46. The van der Waals surface area contributed by atoms with Crippen molar-refractivity contribution in [2.75, 3.05) is 11.5 Å². The van der Waals surface area contributed by atoms with Gasteiger partial charge in [-0.05, 0) is 55.8 Å². The molecule has 0 saturated carbocycles. The second kappa shape index (κ2) is 8.62. The molecule has 0 unspecified atom stereocenters. The Hall–Kier alpha value is -2.92. The monoisotopic (exact) mass is 405 g/mol. The molecule has 4 rings (SSSR count). The molecule has 1 heterocycles. The molecular formula is C24H23NO3S. The molecule has 1 aliphatic heterocycles. The molecule has 0 aliphatic carbocycles. The first-order valence-corrected chi connectivity index (χ1v) is 10.6. The number of hydrogen-bond acceptors (Lipinski definition) is 4. The molecule has 1 saturated heterocycles. The molecule has 29 heavy (non-hydrogen) atoms. The van der Waals surface area contributed by atoms with E-state index < -0.39 is 0 Å². The van der Waals surface area contributed by atoms with Crippen LogP contribution < -0.4 is 14.4 Å². The number of para-hydroxylation sites is 3. The van der Waals surface area contributed by atoms with Gasteiger partial charge in [0, 0.05) is 0 Å². The van der Waals surface area contributed by atoms with E-state index in [2.05, 4.69) is 0 Å². The SMILES string of the molecule is CCOc1ccccc1N1C(=O)[C@H](C)S[C@H]1c1ccc(Oc2ccccc2)cc1. The van der Waals surface area contributed by atoms with Crippen molar-refractivity contribution in [3.05, 3.63) is 84.4 Å². The quantitative estimate of drug-likeness (QED) is 0.501. The van der Waals surface area contributed by atoms with Gasteiger partial charge in [0.05, 0.1) is 17.5 Å². The molecule has 0 spiro atoms. The van der Waals surface area contributed by atoms with Crippen LogP contribution in [-0.4, -0.2) is 17.8 Å². The lowest BCUT2D eigenvalue weighted by molar-refractivity contribution is -0.117. The fourth-order valence-electron chi connectivity index (χ4n) is 3.36. The van der Waals surface area contributed by atoms with Crippen LogP contribution in [-0.2, 0) is 4.79 Å². The van der Waals surface area contributed by atoms with Crippen LogP contribution in [0.2, 0.25) is 0 Å². The zero-order valence-corrected chi connectivity index (χ0v) is 17.3. The van der Waals surface area contributed by atoms with E-state index in [1.807, 2.05) is 97.6 Å². The highest BCUT2D eigenvalue weighted by atomic mass is 32.2. The topological polar surface area (TPSA) is 38.8 Å². The lowest BCUT2D eigenvalue weighted by atomic mass is 10.1. The smallest absolute Gasteiger partial charge is 0.241 e. The number of nitrogens with zero attached hydrogens (tertiary/aromatic N) is 1. The molecule has 3 aromatic rings. The van der Waals surface area contributed by atoms with Gasteiger partial charge in [-0.1, -0.05) is 42.5 Å². The number of carbonyl (C=O) groups is 1. The normalized spacial score (nSPS) is 18.7. The number of benzene rings is 3. The van der Waals surface area contributed by atoms with Crippen LogP contribution in [0.4, 0.5) is 5.69 Å². The Kier molecular flexibility index (Phi) is 5.76. The molecule has 0 aromatic heterocycles. The number of carbonyl (C=O) groups excluding carboxylic acids is 1. The minimum atomic E-state index is -0.116. The predicted octanol–water partition coefficient (Wildman–Crippen LogP) is 6.04. The summed E-state index contributed by atoms with van der Waals surface area (Å²) in [6.07, 6.45) is 0. The van der Waals surface area contributed by atoms with Crippen molar-refractivity contribution in [1.82, 2.24) is 0 Å². The summed E-state index contributed by atoms with van der Waals surface area (Å²) in [5.41, 5.74) is 1.87. The molecule has 0 bridgehead atoms. The Morgan fingerprint density at radius 1 is 0.897 bits per heavy atom. The van der Waals surface area contributed by atoms with Crippen molar-refractivity contribution in [2.24, 2.45) is 0 Å². The Bertz CT molecular complexity index is 975. The second-order valence-electron chi connectivity index (χ2n) is 6.72. The average molecular weight is 406 g/mol. The summed E-state index contributed by atoms with van der Waals surface area (Å²) < 4.78 is 11.7. The summed E-state index contributed by atoms with van der Waals surface area (Å²) in [5, 5.41) is -0.222. The molecule has 5 heteroatoms. The highest BCUT2D eigenvalue weighted by Gasteiger charge is 2.40. The van der Waals surface area contributed by atoms with E-state index >= 15 is 0 Å². The summed E-state index contributed by atoms with van der Waals surface area (Å²) in [5.74, 6) is 2.39. The van der Waals surface area contributed by atoms with Crippen LogP contribution in [0.1, 0.15) is 24.8 Å². The average Bonchev–Trinajstić information content (AvgIpc) is 3.04. The van der Waals surface area contributed by atoms with Crippen LogP contribution in [0, 0.1) is 0 Å². The van der Waals surface area contributed by atoms with Crippen molar-refractivity contribution >= 4 is 23.4 Å². The van der Waals surface area contributed by atoms with Crippen molar-refractivity contribution in [1.29, 1.82) is 0 Å². The molecular weight excluding hydrogens is 382 g/mol. The van der Waals surface area contributed by atoms with Crippen molar-refractivity contribution < 1.29 is 14.3 Å². The number of anilines is 1. The van der Waals surface area contributed by atoms with E-state index in [0.717, 1.165) is 28.5 Å². The molecule has 1 amide bonds. The van der Waals surface area contributed by atoms with E-state index in [1.54, 1.807) is 11.8 Å². The highest BCUT2D eigenvalue weighted by Crippen LogP contribution is 2.48. The molecule has 2 atom stereocenters. The first-order chi connectivity index (χ1) is 14.2. The van der Waals surface area contributed by atoms with Crippen LogP contribution in [0.3, 0.4) is 0 Å². The van der Waals surface area contributed by atoms with Gasteiger partial charge in [-0.3, -0.25) is 9.69 Å². The van der Waals surface area contributed by atoms with Crippen LogP contribution >= 0.6 is 11.8 Å². The van der Waals surface area contributed by atoms with Gasteiger partial charge in [0.1, 0.15) is 22.6 Å². The lowest BCUT2D eigenvalue weighted by Gasteiger charge is -2.26. The van der Waals surface area contributed by atoms with Crippen LogP contribution in [0.15, 0.2) is 78.9 Å². The van der Waals surface area contributed by atoms with E-state index in [0.29, 0.717) is 6.61 Å². The largest absolute Gasteiger partial charge is 0.492 e. The number of amides is 1. The van der Waals surface area contributed by atoms with Crippen molar-refractivity contribution in [3.63, 3.8) is 0 Å². The summed E-state index contributed by atoms with van der Waals surface area (Å²) in [7, 11) is 0. The molecule has 1 aliphatic rings. The molecule has 148 valence electrons. The maximum Gasteiger partial charge on any atom is 0.241 e. The fourth-order valence-corrected chi connectivity index (χ4v) is 4.63. The van der Waals surface area contributed by atoms with Gasteiger partial charge in [0.2, 0.25) is 5.91 Å². The van der Waals surface area contributed by atoms with Gasteiger partial charge in [-0.25, -0.2) is 0 Å². The lowest BCUT2D eigenvalue weighted by Crippen LogP contribution is -2.30. The third kappa shape index (κ3) is 4.10. The van der Waals surface area contributed by atoms with Crippen LogP contribution in [0.25, 0.3) is 0 Å². The van der Waals surface area contributed by atoms with Crippen LogP contribution in [0.5, 0.6) is 17.2 Å². The fraction of sp³-hybridized carbons (Fsp3) is 0.208. The van der Waals surface area contributed by atoms with Gasteiger partial charge in [0.25, 0.3) is 0 Å². The Labute approximate surface area is 175 Å². The van der Waals surface area contributed by atoms with Gasteiger partial charge < -0.3 is 9.47 Å². The Balaban J connectivity index is 1.62. The third-order valence-corrected chi connectivity index (χ3v) is 6.07. The second-order valence-corrected chi connectivity index (χ2v) is 8.15. The van der Waals surface area contributed by atoms with E-state index in [9.17, 15) is 4.79 Å². The molecule has 4 nitrogen and oxygen atoms in total. The zero-order valence-electron chi connectivity index (χ0n) is 16.4. The number of thioether (sulfide) groups is 1. The third-order valence-electron chi connectivity index (χ3n) is 4.72. The van der Waals surface area contributed by atoms with E-state index in [-0.39, 0.29) is 16.5 Å². The van der Waals surface area contributed by atoms with Gasteiger partial charge >= 0.3 is 0 Å². The van der Waals surface area contributed by atoms with Gasteiger partial charge in [0.15, 0.2) is 0 Å². The Morgan fingerprint density at radius 2 is 1.55 bits per heavy atom. The number of ether oxygens (including phenoxy) is 2. The zero-order chi connectivity index (χ0) is 20.2. The predicted molar refractivity (Wildman–Crippen MR) is 118 cm³/mol. The van der Waals surface area contributed by atoms with Gasteiger partial charge in [-0.15, -0.1) is 11.8 Å². The minimum Gasteiger partial charge on any atom is -0.492 e. The highest BCUT2D eigenvalue weighted by molar-refractivity contribution is 8.01. The minimum absolute atomic E-state index is 0.0942. The van der Waals surface area contributed by atoms with E-state index in [1.165, 1.54) is 0 Å². The summed E-state index contributed by atoms with van der Waals surface area (Å²) in [4.78, 5) is 14.8. The molecule has 3 aromatic carbocycles. The van der Waals surface area contributed by atoms with Gasteiger partial charge in [-0.2, -0.15) is 0 Å². The molecule has 1 fully saturated rings. The summed E-state index contributed by atoms with van der Waals surface area (Å²) >= 11 is 1.65. The maximum absolute atomic E-state index is 13.0. The first kappa shape index (κ1) is 19.4. The Morgan fingerprint density at radius 3 is 2.28 bits per heavy atom. The first-order valence-electron chi connectivity index (χ1n) is 9.70. The van der Waals surface area contributed by atoms with Crippen molar-refractivity contribution in [2.45, 2.75) is 24.5 Å². The maximum atomic E-state index is 13.0. The standard InChI is InChI=1S/C24H23NO3S/c1-3-27-22-12-8-7-11-21(22)25-23(26)17(2)29-24(25)18-13-15-20(16-14-18)28-19-9-5-4-6-10-19/h4-17,24H,3H2,1-2H3/t17-,24-/m0/s1. The number of hydrogen-bond donors (Lipinski definition) is 0. The summed E-state index contributed by atoms with van der Waals surface area (Å²) in [6, 6.07) is 25.4. The number of rotatable bonds is 6. The molecule has 0 N–H and O–H groups in total. The molecule has 0 radical (unpaired) electrons. The van der Waals surface area contributed by atoms with E-state index in [4.69, 9.17) is 9.47 Å². The van der Waals surface area contributed by atoms with Crippen molar-refractivity contribution in [3.8, 4) is 17.2 Å².